The number of carbonyl (C=O) groups excluding carboxylic acids is 1. The van der Waals surface area contributed by atoms with Crippen molar-refractivity contribution in [3.8, 4) is 0 Å². The first-order valence-corrected chi connectivity index (χ1v) is 10.1. The third-order valence-electron chi connectivity index (χ3n) is 5.77. The minimum Gasteiger partial charge on any atom is -0.384 e. The standard InChI is InChI=1S/C19H31N3O2S/c1-20(2)13-18(23)22-8-6-19(7-9-22)15-21(11-16(19)14-24-3)12-17-5-4-10-25-17/h4-5,10,16H,6-9,11-15H2,1-3H3/t16-/m0/s1. The Labute approximate surface area is 155 Å². The molecule has 2 aliphatic heterocycles. The number of nitrogens with zero attached hydrogens (tertiary/aromatic N) is 3. The van der Waals surface area contributed by atoms with Crippen molar-refractivity contribution in [1.82, 2.24) is 14.7 Å². The van der Waals surface area contributed by atoms with Crippen LogP contribution in [0.4, 0.5) is 0 Å². The van der Waals surface area contributed by atoms with E-state index in [0.717, 1.165) is 52.2 Å². The van der Waals surface area contributed by atoms with Gasteiger partial charge >= 0.3 is 0 Å². The lowest BCUT2D eigenvalue weighted by Crippen LogP contribution is -2.49. The van der Waals surface area contributed by atoms with Gasteiger partial charge in [0, 0.05) is 50.6 Å². The summed E-state index contributed by atoms with van der Waals surface area (Å²) in [5.74, 6) is 0.833. The first-order valence-electron chi connectivity index (χ1n) is 9.18. The molecule has 2 fully saturated rings. The van der Waals surface area contributed by atoms with Crippen LogP contribution in [-0.4, -0.2) is 81.1 Å². The Morgan fingerprint density at radius 2 is 2.16 bits per heavy atom. The summed E-state index contributed by atoms with van der Waals surface area (Å²) in [5, 5.41) is 2.16. The van der Waals surface area contributed by atoms with E-state index in [1.807, 2.05) is 37.4 Å². The van der Waals surface area contributed by atoms with Gasteiger partial charge in [-0.15, -0.1) is 11.3 Å². The summed E-state index contributed by atoms with van der Waals surface area (Å²) >= 11 is 1.84. The predicted octanol–water partition coefficient (Wildman–Crippen LogP) is 2.00. The molecule has 3 heterocycles. The van der Waals surface area contributed by atoms with Crippen molar-refractivity contribution >= 4 is 17.2 Å². The van der Waals surface area contributed by atoms with Gasteiger partial charge in [0.1, 0.15) is 0 Å². The number of likely N-dealkylation sites (N-methyl/N-ethyl adjacent to an activating group) is 1. The number of amides is 1. The van der Waals surface area contributed by atoms with Crippen molar-refractivity contribution < 1.29 is 9.53 Å². The minimum atomic E-state index is 0.261. The molecule has 6 heteroatoms. The summed E-state index contributed by atoms with van der Waals surface area (Å²) < 4.78 is 5.55. The van der Waals surface area contributed by atoms with Gasteiger partial charge < -0.3 is 14.5 Å². The molecule has 0 aromatic carbocycles. The van der Waals surface area contributed by atoms with Gasteiger partial charge in [0.2, 0.25) is 5.91 Å². The second-order valence-corrected chi connectivity index (χ2v) is 8.91. The maximum atomic E-state index is 12.3. The fourth-order valence-electron chi connectivity index (χ4n) is 4.46. The van der Waals surface area contributed by atoms with Crippen LogP contribution < -0.4 is 0 Å². The van der Waals surface area contributed by atoms with Crippen LogP contribution in [0.15, 0.2) is 17.5 Å². The largest absolute Gasteiger partial charge is 0.384 e. The summed E-state index contributed by atoms with van der Waals surface area (Å²) in [6, 6.07) is 4.36. The van der Waals surface area contributed by atoms with E-state index in [4.69, 9.17) is 4.74 Å². The maximum Gasteiger partial charge on any atom is 0.236 e. The zero-order valence-corrected chi connectivity index (χ0v) is 16.6. The zero-order valence-electron chi connectivity index (χ0n) is 15.7. The topological polar surface area (TPSA) is 36.0 Å². The van der Waals surface area contributed by atoms with E-state index in [1.54, 1.807) is 0 Å². The molecule has 0 aliphatic carbocycles. The predicted molar refractivity (Wildman–Crippen MR) is 102 cm³/mol. The average molecular weight is 366 g/mol. The van der Waals surface area contributed by atoms with E-state index in [0.29, 0.717) is 17.9 Å². The minimum absolute atomic E-state index is 0.261. The number of ether oxygens (including phenoxy) is 1. The highest BCUT2D eigenvalue weighted by Crippen LogP contribution is 2.45. The zero-order chi connectivity index (χ0) is 17.9. The van der Waals surface area contributed by atoms with E-state index in [-0.39, 0.29) is 5.91 Å². The van der Waals surface area contributed by atoms with Gasteiger partial charge in [-0.05, 0) is 43.8 Å². The highest BCUT2D eigenvalue weighted by Gasteiger charge is 2.48. The number of carbonyl (C=O) groups is 1. The van der Waals surface area contributed by atoms with E-state index < -0.39 is 0 Å². The second kappa shape index (κ2) is 8.16. The first-order chi connectivity index (χ1) is 12.0. The van der Waals surface area contributed by atoms with Gasteiger partial charge in [-0.1, -0.05) is 6.07 Å². The fourth-order valence-corrected chi connectivity index (χ4v) is 5.20. The molecule has 3 rings (SSSR count). The SMILES string of the molecule is COC[C@@H]1CN(Cc2cccs2)CC12CCN(C(=O)CN(C)C)CC2. The molecule has 1 amide bonds. The van der Waals surface area contributed by atoms with Crippen LogP contribution >= 0.6 is 11.3 Å². The lowest BCUT2D eigenvalue weighted by Gasteiger charge is -2.43. The van der Waals surface area contributed by atoms with E-state index >= 15 is 0 Å². The van der Waals surface area contributed by atoms with Crippen LogP contribution in [0.2, 0.25) is 0 Å². The van der Waals surface area contributed by atoms with Crippen LogP contribution in [-0.2, 0) is 16.1 Å². The Balaban J connectivity index is 1.62. The molecular formula is C19H31N3O2S. The monoisotopic (exact) mass is 365 g/mol. The van der Waals surface area contributed by atoms with Crippen molar-refractivity contribution in [2.24, 2.45) is 11.3 Å². The van der Waals surface area contributed by atoms with Crippen LogP contribution in [0.5, 0.6) is 0 Å². The highest BCUT2D eigenvalue weighted by atomic mass is 32.1. The summed E-state index contributed by atoms with van der Waals surface area (Å²) in [7, 11) is 5.72. The number of methoxy groups -OCH3 is 1. The average Bonchev–Trinajstić information content (AvgIpc) is 3.17. The molecule has 2 aliphatic rings. The number of rotatable bonds is 6. The molecule has 1 atom stereocenters. The number of hydrogen-bond acceptors (Lipinski definition) is 5. The Bertz CT molecular complexity index is 553. The molecule has 1 aromatic heterocycles. The summed E-state index contributed by atoms with van der Waals surface area (Å²) in [4.78, 5) is 20.4. The van der Waals surface area contributed by atoms with E-state index in [1.165, 1.54) is 4.88 Å². The Morgan fingerprint density at radius 1 is 1.40 bits per heavy atom. The lowest BCUT2D eigenvalue weighted by atomic mass is 9.71. The smallest absolute Gasteiger partial charge is 0.236 e. The normalized spacial score (nSPS) is 23.7. The Morgan fingerprint density at radius 3 is 2.76 bits per heavy atom. The molecule has 0 bridgehead atoms. The number of piperidine rings is 1. The van der Waals surface area contributed by atoms with Crippen LogP contribution in [0, 0.1) is 11.3 Å². The summed E-state index contributed by atoms with van der Waals surface area (Å²) in [6.07, 6.45) is 2.20. The number of thiophene rings is 1. The molecule has 25 heavy (non-hydrogen) atoms. The first kappa shape index (κ1) is 18.8. The van der Waals surface area contributed by atoms with Gasteiger partial charge in [-0.25, -0.2) is 0 Å². The maximum absolute atomic E-state index is 12.3. The Hall–Kier alpha value is -0.950. The van der Waals surface area contributed by atoms with E-state index in [2.05, 4.69) is 27.3 Å². The third-order valence-corrected chi connectivity index (χ3v) is 6.64. The highest BCUT2D eigenvalue weighted by molar-refractivity contribution is 7.09. The van der Waals surface area contributed by atoms with Crippen LogP contribution in [0.25, 0.3) is 0 Å². The van der Waals surface area contributed by atoms with Crippen LogP contribution in [0.3, 0.4) is 0 Å². The molecule has 1 aromatic rings. The molecule has 2 saturated heterocycles. The van der Waals surface area contributed by atoms with Gasteiger partial charge in [0.25, 0.3) is 0 Å². The van der Waals surface area contributed by atoms with Crippen molar-refractivity contribution in [3.63, 3.8) is 0 Å². The Kier molecular flexibility index (Phi) is 6.15. The molecule has 0 radical (unpaired) electrons. The quantitative estimate of drug-likeness (QED) is 0.773. The molecule has 0 saturated carbocycles. The van der Waals surface area contributed by atoms with Crippen molar-refractivity contribution in [2.45, 2.75) is 19.4 Å². The van der Waals surface area contributed by atoms with Crippen molar-refractivity contribution in [1.29, 1.82) is 0 Å². The summed E-state index contributed by atoms with van der Waals surface area (Å²) in [6.45, 7) is 6.40. The number of likely N-dealkylation sites (tertiary alicyclic amines) is 2. The van der Waals surface area contributed by atoms with Gasteiger partial charge in [0.05, 0.1) is 13.2 Å². The molecule has 5 nitrogen and oxygen atoms in total. The lowest BCUT2D eigenvalue weighted by molar-refractivity contribution is -0.134. The third kappa shape index (κ3) is 4.42. The number of hydrogen-bond donors (Lipinski definition) is 0. The van der Waals surface area contributed by atoms with Gasteiger partial charge in [0.15, 0.2) is 0 Å². The molecule has 0 N–H and O–H groups in total. The molecule has 140 valence electrons. The summed E-state index contributed by atoms with van der Waals surface area (Å²) in [5.41, 5.74) is 0.308. The second-order valence-electron chi connectivity index (χ2n) is 7.88. The van der Waals surface area contributed by atoms with Crippen LogP contribution in [0.1, 0.15) is 17.7 Å². The fraction of sp³-hybridized carbons (Fsp3) is 0.737. The molecule has 1 spiro atoms. The molecular weight excluding hydrogens is 334 g/mol. The van der Waals surface area contributed by atoms with E-state index in [9.17, 15) is 4.79 Å². The van der Waals surface area contributed by atoms with Gasteiger partial charge in [-0.2, -0.15) is 0 Å². The van der Waals surface area contributed by atoms with Crippen molar-refractivity contribution in [2.75, 3.05) is 60.5 Å². The van der Waals surface area contributed by atoms with Gasteiger partial charge in [-0.3, -0.25) is 9.69 Å². The molecule has 0 unspecified atom stereocenters. The van der Waals surface area contributed by atoms with Crippen molar-refractivity contribution in [3.05, 3.63) is 22.4 Å².